The van der Waals surface area contributed by atoms with Crippen LogP contribution in [0.4, 0.5) is 0 Å². The SMILES string of the molecule is CN(CCCc1cc(-c2ccccc2)no1)C(=O)C1(c2ccc(Br)cc2)CCOCC1. The molecule has 0 N–H and O–H groups in total. The van der Waals surface area contributed by atoms with Crippen molar-refractivity contribution >= 4 is 21.8 Å². The van der Waals surface area contributed by atoms with Gasteiger partial charge in [-0.2, -0.15) is 0 Å². The quantitative estimate of drug-likeness (QED) is 0.461. The van der Waals surface area contributed by atoms with E-state index in [0.717, 1.165) is 39.9 Å². The monoisotopic (exact) mass is 482 g/mol. The second kappa shape index (κ2) is 9.79. The van der Waals surface area contributed by atoms with Crippen LogP contribution in [0.2, 0.25) is 0 Å². The summed E-state index contributed by atoms with van der Waals surface area (Å²) < 4.78 is 12.1. The predicted molar refractivity (Wildman–Crippen MR) is 124 cm³/mol. The van der Waals surface area contributed by atoms with Crippen LogP contribution in [-0.2, 0) is 21.4 Å². The van der Waals surface area contributed by atoms with Gasteiger partial charge in [-0.3, -0.25) is 4.79 Å². The minimum Gasteiger partial charge on any atom is -0.381 e. The number of nitrogens with zero attached hydrogens (tertiary/aromatic N) is 2. The summed E-state index contributed by atoms with van der Waals surface area (Å²) in [6.07, 6.45) is 2.98. The van der Waals surface area contributed by atoms with Crippen LogP contribution >= 0.6 is 15.9 Å². The number of benzene rings is 2. The van der Waals surface area contributed by atoms with Gasteiger partial charge in [-0.05, 0) is 37.0 Å². The molecule has 0 spiro atoms. The van der Waals surface area contributed by atoms with Crippen molar-refractivity contribution in [1.82, 2.24) is 10.1 Å². The molecule has 3 aromatic rings. The van der Waals surface area contributed by atoms with E-state index in [-0.39, 0.29) is 5.91 Å². The number of aryl methyl sites for hydroxylation is 1. The largest absolute Gasteiger partial charge is 0.381 e. The minimum atomic E-state index is -0.513. The highest BCUT2D eigenvalue weighted by atomic mass is 79.9. The molecule has 0 radical (unpaired) electrons. The molecule has 5 nitrogen and oxygen atoms in total. The highest BCUT2D eigenvalue weighted by molar-refractivity contribution is 9.10. The standard InChI is InChI=1S/C25H27BrN2O3/c1-28(15-5-8-22-18-23(27-31-22)19-6-3-2-4-7-19)24(29)25(13-16-30-17-14-25)20-9-11-21(26)12-10-20/h2-4,6-7,9-12,18H,5,8,13-17H2,1H3. The van der Waals surface area contributed by atoms with E-state index in [1.54, 1.807) is 0 Å². The van der Waals surface area contributed by atoms with Gasteiger partial charge in [-0.25, -0.2) is 0 Å². The van der Waals surface area contributed by atoms with Crippen LogP contribution in [0.15, 0.2) is 69.7 Å². The van der Waals surface area contributed by atoms with Gasteiger partial charge in [-0.1, -0.05) is 63.6 Å². The normalized spacial score (nSPS) is 15.5. The first kappa shape index (κ1) is 21.8. The first-order chi connectivity index (χ1) is 15.1. The second-order valence-corrected chi connectivity index (χ2v) is 8.99. The van der Waals surface area contributed by atoms with E-state index in [1.165, 1.54) is 0 Å². The molecule has 0 bridgehead atoms. The summed E-state index contributed by atoms with van der Waals surface area (Å²) in [5.74, 6) is 1.01. The summed E-state index contributed by atoms with van der Waals surface area (Å²) in [5.41, 5.74) is 2.44. The molecule has 162 valence electrons. The molecule has 0 atom stereocenters. The zero-order valence-corrected chi connectivity index (χ0v) is 19.3. The van der Waals surface area contributed by atoms with E-state index in [2.05, 4.69) is 33.2 Å². The van der Waals surface area contributed by atoms with Crippen LogP contribution in [0.25, 0.3) is 11.3 Å². The molecule has 1 aliphatic rings. The van der Waals surface area contributed by atoms with Crippen LogP contribution in [0.1, 0.15) is 30.6 Å². The molecule has 1 fully saturated rings. The van der Waals surface area contributed by atoms with Crippen LogP contribution in [0.5, 0.6) is 0 Å². The number of carbonyl (C=O) groups is 1. The summed E-state index contributed by atoms with van der Waals surface area (Å²) in [4.78, 5) is 15.4. The average molecular weight is 483 g/mol. The summed E-state index contributed by atoms with van der Waals surface area (Å²) >= 11 is 3.49. The second-order valence-electron chi connectivity index (χ2n) is 8.08. The Morgan fingerprint density at radius 3 is 2.52 bits per heavy atom. The summed E-state index contributed by atoms with van der Waals surface area (Å²) in [6.45, 7) is 1.88. The number of halogens is 1. The lowest BCUT2D eigenvalue weighted by molar-refractivity contribution is -0.140. The number of rotatable bonds is 7. The van der Waals surface area contributed by atoms with Crippen molar-refractivity contribution in [3.8, 4) is 11.3 Å². The number of amides is 1. The smallest absolute Gasteiger partial charge is 0.233 e. The maximum atomic E-state index is 13.6. The molecule has 2 heterocycles. The lowest BCUT2D eigenvalue weighted by Crippen LogP contribution is -2.49. The Morgan fingerprint density at radius 2 is 1.81 bits per heavy atom. The molecule has 1 aromatic heterocycles. The van der Waals surface area contributed by atoms with E-state index in [4.69, 9.17) is 9.26 Å². The molecule has 1 aliphatic heterocycles. The zero-order valence-electron chi connectivity index (χ0n) is 17.7. The van der Waals surface area contributed by atoms with Crippen molar-refractivity contribution in [3.63, 3.8) is 0 Å². The van der Waals surface area contributed by atoms with Crippen molar-refractivity contribution in [2.75, 3.05) is 26.8 Å². The number of ether oxygens (including phenoxy) is 1. The number of aromatic nitrogens is 1. The van der Waals surface area contributed by atoms with Gasteiger partial charge in [0.25, 0.3) is 0 Å². The summed E-state index contributed by atoms with van der Waals surface area (Å²) in [5, 5.41) is 4.18. The van der Waals surface area contributed by atoms with Gasteiger partial charge in [0.2, 0.25) is 5.91 Å². The maximum Gasteiger partial charge on any atom is 0.233 e. The van der Waals surface area contributed by atoms with E-state index in [1.807, 2.05) is 60.5 Å². The van der Waals surface area contributed by atoms with Gasteiger partial charge in [0.05, 0.1) is 5.41 Å². The average Bonchev–Trinajstić information content (AvgIpc) is 3.29. The molecule has 0 unspecified atom stereocenters. The maximum absolute atomic E-state index is 13.6. The Kier molecular flexibility index (Phi) is 6.88. The molecule has 1 saturated heterocycles. The van der Waals surface area contributed by atoms with E-state index >= 15 is 0 Å². The third kappa shape index (κ3) is 4.91. The molecular formula is C25H27BrN2O3. The first-order valence-corrected chi connectivity index (χ1v) is 11.5. The van der Waals surface area contributed by atoms with E-state index < -0.39 is 5.41 Å². The number of hydrogen-bond donors (Lipinski definition) is 0. The van der Waals surface area contributed by atoms with Gasteiger partial charge < -0.3 is 14.2 Å². The van der Waals surface area contributed by atoms with Gasteiger partial charge in [0, 0.05) is 49.3 Å². The first-order valence-electron chi connectivity index (χ1n) is 10.7. The minimum absolute atomic E-state index is 0.167. The number of likely N-dealkylation sites (N-methyl/N-ethyl adjacent to an activating group) is 1. The molecule has 6 heteroatoms. The summed E-state index contributed by atoms with van der Waals surface area (Å²) in [6, 6.07) is 20.1. The lowest BCUT2D eigenvalue weighted by Gasteiger charge is -2.39. The lowest BCUT2D eigenvalue weighted by atomic mass is 9.73. The number of hydrogen-bond acceptors (Lipinski definition) is 4. The highest BCUT2D eigenvalue weighted by Gasteiger charge is 2.43. The van der Waals surface area contributed by atoms with Crippen LogP contribution in [0.3, 0.4) is 0 Å². The van der Waals surface area contributed by atoms with E-state index in [0.29, 0.717) is 32.6 Å². The Labute approximate surface area is 191 Å². The fourth-order valence-corrected chi connectivity index (χ4v) is 4.51. The van der Waals surface area contributed by atoms with Crippen LogP contribution < -0.4 is 0 Å². The third-order valence-electron chi connectivity index (χ3n) is 6.04. The Bertz CT molecular complexity index is 995. The highest BCUT2D eigenvalue weighted by Crippen LogP contribution is 2.37. The third-order valence-corrected chi connectivity index (χ3v) is 6.57. The molecule has 0 saturated carbocycles. The van der Waals surface area contributed by atoms with Crippen LogP contribution in [-0.4, -0.2) is 42.8 Å². The van der Waals surface area contributed by atoms with Crippen molar-refractivity contribution in [2.45, 2.75) is 31.1 Å². The van der Waals surface area contributed by atoms with Gasteiger partial charge in [0.1, 0.15) is 11.5 Å². The summed E-state index contributed by atoms with van der Waals surface area (Å²) in [7, 11) is 1.90. The Hall–Kier alpha value is -2.44. The molecule has 2 aromatic carbocycles. The van der Waals surface area contributed by atoms with Crippen molar-refractivity contribution in [1.29, 1.82) is 0 Å². The topological polar surface area (TPSA) is 55.6 Å². The van der Waals surface area contributed by atoms with Gasteiger partial charge in [-0.15, -0.1) is 0 Å². The molecule has 0 aliphatic carbocycles. The van der Waals surface area contributed by atoms with Gasteiger partial charge >= 0.3 is 0 Å². The van der Waals surface area contributed by atoms with Crippen molar-refractivity contribution in [3.05, 3.63) is 76.5 Å². The zero-order chi connectivity index (χ0) is 21.7. The van der Waals surface area contributed by atoms with E-state index in [9.17, 15) is 4.79 Å². The van der Waals surface area contributed by atoms with Crippen LogP contribution in [0, 0.1) is 0 Å². The molecule has 1 amide bonds. The fraction of sp³-hybridized carbons (Fsp3) is 0.360. The van der Waals surface area contributed by atoms with Crippen molar-refractivity contribution < 1.29 is 14.1 Å². The molecular weight excluding hydrogens is 456 g/mol. The Balaban J connectivity index is 1.39. The molecule has 4 rings (SSSR count). The number of carbonyl (C=O) groups excluding carboxylic acids is 1. The molecule has 31 heavy (non-hydrogen) atoms. The fourth-order valence-electron chi connectivity index (χ4n) is 4.25. The van der Waals surface area contributed by atoms with Gasteiger partial charge in [0.15, 0.2) is 0 Å². The van der Waals surface area contributed by atoms with Crippen molar-refractivity contribution in [2.24, 2.45) is 0 Å². The predicted octanol–water partition coefficient (Wildman–Crippen LogP) is 5.24. The Morgan fingerprint density at radius 1 is 1.10 bits per heavy atom.